The molecule has 1 atom stereocenters. The number of nitrogens with one attached hydrogen (secondary N) is 1. The van der Waals surface area contributed by atoms with Crippen LogP contribution in [0.1, 0.15) is 50.7 Å². The monoisotopic (exact) mass is 306 g/mol. The molecule has 0 spiro atoms. The molecule has 0 saturated carbocycles. The van der Waals surface area contributed by atoms with Crippen molar-refractivity contribution in [1.29, 1.82) is 0 Å². The lowest BCUT2D eigenvalue weighted by molar-refractivity contribution is -0.909. The maximum atomic E-state index is 10.2. The number of piperidine rings is 1. The summed E-state index contributed by atoms with van der Waals surface area (Å²) in [6, 6.07) is 6.24. The van der Waals surface area contributed by atoms with Crippen LogP contribution in [0.4, 0.5) is 0 Å². The van der Waals surface area contributed by atoms with Crippen LogP contribution in [0.3, 0.4) is 0 Å². The van der Waals surface area contributed by atoms with E-state index in [1.165, 1.54) is 42.0 Å². The Labute approximate surface area is 135 Å². The van der Waals surface area contributed by atoms with E-state index in [1.54, 1.807) is 0 Å². The molecule has 1 unspecified atom stereocenters. The van der Waals surface area contributed by atoms with Crippen LogP contribution in [-0.2, 0) is 0 Å². The smallest absolute Gasteiger partial charge is 0.137 e. The molecular formula is C19H32NO2+. The average Bonchev–Trinajstić information content (AvgIpc) is 2.47. The van der Waals surface area contributed by atoms with Gasteiger partial charge in [-0.15, -0.1) is 0 Å². The van der Waals surface area contributed by atoms with Gasteiger partial charge in [0.2, 0.25) is 0 Å². The molecule has 1 fully saturated rings. The molecule has 2 N–H and O–H groups in total. The molecule has 0 aromatic heterocycles. The van der Waals surface area contributed by atoms with Crippen LogP contribution in [0.15, 0.2) is 18.2 Å². The number of aliphatic hydroxyl groups is 1. The minimum absolute atomic E-state index is 0.381. The number of ether oxygens (including phenoxy) is 1. The third-order valence-electron chi connectivity index (χ3n) is 4.81. The summed E-state index contributed by atoms with van der Waals surface area (Å²) in [4.78, 5) is 1.51. The van der Waals surface area contributed by atoms with E-state index in [4.69, 9.17) is 4.74 Å². The van der Waals surface area contributed by atoms with Crippen molar-refractivity contribution in [3.8, 4) is 5.75 Å². The Morgan fingerprint density at radius 2 is 1.95 bits per heavy atom. The van der Waals surface area contributed by atoms with Crippen molar-refractivity contribution in [3.05, 3.63) is 29.3 Å². The average molecular weight is 306 g/mol. The Kier molecular flexibility index (Phi) is 6.27. The third-order valence-corrected chi connectivity index (χ3v) is 4.81. The molecular weight excluding hydrogens is 274 g/mol. The number of hydrogen-bond donors (Lipinski definition) is 2. The molecule has 1 aromatic carbocycles. The molecule has 1 heterocycles. The number of aliphatic hydroxyl groups excluding tert-OH is 1. The molecule has 0 amide bonds. The quantitative estimate of drug-likeness (QED) is 0.844. The van der Waals surface area contributed by atoms with Crippen LogP contribution >= 0.6 is 0 Å². The van der Waals surface area contributed by atoms with E-state index in [1.807, 2.05) is 6.07 Å². The van der Waals surface area contributed by atoms with Crippen molar-refractivity contribution in [2.75, 3.05) is 26.2 Å². The molecule has 0 radical (unpaired) electrons. The van der Waals surface area contributed by atoms with Gasteiger partial charge in [-0.05, 0) is 54.9 Å². The van der Waals surface area contributed by atoms with Gasteiger partial charge in [-0.25, -0.2) is 0 Å². The van der Waals surface area contributed by atoms with Crippen LogP contribution in [0, 0.1) is 12.8 Å². The molecule has 1 aliphatic heterocycles. The molecule has 124 valence electrons. The van der Waals surface area contributed by atoms with Crippen molar-refractivity contribution in [3.63, 3.8) is 0 Å². The predicted octanol–water partition coefficient (Wildman–Crippen LogP) is 2.17. The van der Waals surface area contributed by atoms with E-state index in [-0.39, 0.29) is 6.10 Å². The maximum Gasteiger partial charge on any atom is 0.137 e. The number of benzene rings is 1. The highest BCUT2D eigenvalue weighted by Crippen LogP contribution is 2.23. The van der Waals surface area contributed by atoms with Gasteiger partial charge in [-0.1, -0.05) is 26.8 Å². The Bertz CT molecular complexity index is 465. The number of aryl methyl sites for hydroxylation is 1. The third kappa shape index (κ3) is 4.99. The summed E-state index contributed by atoms with van der Waals surface area (Å²) in [5.74, 6) is 2.24. The number of likely N-dealkylation sites (tertiary alicyclic amines) is 1. The highest BCUT2D eigenvalue weighted by Gasteiger charge is 2.21. The van der Waals surface area contributed by atoms with Crippen molar-refractivity contribution in [1.82, 2.24) is 0 Å². The topological polar surface area (TPSA) is 33.9 Å². The van der Waals surface area contributed by atoms with Gasteiger partial charge in [-0.3, -0.25) is 0 Å². The first-order chi connectivity index (χ1) is 10.5. The van der Waals surface area contributed by atoms with E-state index in [0.717, 1.165) is 18.2 Å². The lowest BCUT2D eigenvalue weighted by atomic mass is 9.98. The first-order valence-electron chi connectivity index (χ1n) is 8.70. The highest BCUT2D eigenvalue weighted by molar-refractivity contribution is 5.36. The minimum atomic E-state index is -0.381. The van der Waals surface area contributed by atoms with Gasteiger partial charge < -0.3 is 14.7 Å². The van der Waals surface area contributed by atoms with Gasteiger partial charge in [0.1, 0.15) is 25.0 Å². The van der Waals surface area contributed by atoms with Crippen molar-refractivity contribution < 1.29 is 14.7 Å². The Balaban J connectivity index is 1.78. The van der Waals surface area contributed by atoms with E-state index >= 15 is 0 Å². The summed E-state index contributed by atoms with van der Waals surface area (Å²) in [5, 5.41) is 10.2. The Morgan fingerprint density at radius 3 is 2.55 bits per heavy atom. The molecule has 0 aliphatic carbocycles. The largest absolute Gasteiger partial charge is 0.491 e. The highest BCUT2D eigenvalue weighted by atomic mass is 16.5. The van der Waals surface area contributed by atoms with Gasteiger partial charge >= 0.3 is 0 Å². The zero-order valence-corrected chi connectivity index (χ0v) is 14.6. The fourth-order valence-corrected chi connectivity index (χ4v) is 3.34. The molecule has 3 nitrogen and oxygen atoms in total. The van der Waals surface area contributed by atoms with Crippen molar-refractivity contribution in [2.24, 2.45) is 5.92 Å². The van der Waals surface area contributed by atoms with Crippen LogP contribution in [0.2, 0.25) is 0 Å². The van der Waals surface area contributed by atoms with Crippen LogP contribution in [0.5, 0.6) is 5.75 Å². The van der Waals surface area contributed by atoms with E-state index in [0.29, 0.717) is 12.5 Å². The second-order valence-electron chi connectivity index (χ2n) is 7.27. The molecule has 1 saturated heterocycles. The SMILES string of the molecule is Cc1cc(OCC(O)C[NH+]2CCC(C)CC2)ccc1C(C)C. The van der Waals surface area contributed by atoms with Crippen LogP contribution in [0.25, 0.3) is 0 Å². The molecule has 2 rings (SSSR count). The first-order valence-corrected chi connectivity index (χ1v) is 8.70. The number of rotatable bonds is 6. The zero-order valence-electron chi connectivity index (χ0n) is 14.6. The second kappa shape index (κ2) is 7.98. The fraction of sp³-hybridized carbons (Fsp3) is 0.684. The standard InChI is InChI=1S/C19H31NO2/c1-14(2)19-6-5-18(11-16(19)4)22-13-17(21)12-20-9-7-15(3)8-10-20/h5-6,11,14-15,17,21H,7-10,12-13H2,1-4H3/p+1. The van der Waals surface area contributed by atoms with Crippen LogP contribution in [-0.4, -0.2) is 37.5 Å². The van der Waals surface area contributed by atoms with Crippen molar-refractivity contribution >= 4 is 0 Å². The zero-order chi connectivity index (χ0) is 16.1. The number of hydrogen-bond acceptors (Lipinski definition) is 2. The maximum absolute atomic E-state index is 10.2. The van der Waals surface area contributed by atoms with Gasteiger partial charge in [0.25, 0.3) is 0 Å². The van der Waals surface area contributed by atoms with Gasteiger partial charge in [0, 0.05) is 0 Å². The Morgan fingerprint density at radius 1 is 1.27 bits per heavy atom. The van der Waals surface area contributed by atoms with Crippen molar-refractivity contribution in [2.45, 2.75) is 52.6 Å². The molecule has 1 aromatic rings. The summed E-state index contributed by atoms with van der Waals surface area (Å²) in [6.45, 7) is 12.4. The summed E-state index contributed by atoms with van der Waals surface area (Å²) in [7, 11) is 0. The van der Waals surface area contributed by atoms with E-state index < -0.39 is 0 Å². The van der Waals surface area contributed by atoms with E-state index in [9.17, 15) is 5.11 Å². The summed E-state index contributed by atoms with van der Waals surface area (Å²) >= 11 is 0. The predicted molar refractivity (Wildman–Crippen MR) is 90.7 cm³/mol. The first kappa shape index (κ1) is 17.3. The minimum Gasteiger partial charge on any atom is -0.491 e. The fourth-order valence-electron chi connectivity index (χ4n) is 3.34. The summed E-state index contributed by atoms with van der Waals surface area (Å²) < 4.78 is 5.78. The van der Waals surface area contributed by atoms with Gasteiger partial charge in [-0.2, -0.15) is 0 Å². The second-order valence-corrected chi connectivity index (χ2v) is 7.27. The van der Waals surface area contributed by atoms with Crippen LogP contribution < -0.4 is 9.64 Å². The molecule has 1 aliphatic rings. The normalized spacial score (nSPS) is 23.5. The van der Waals surface area contributed by atoms with Gasteiger partial charge in [0.15, 0.2) is 0 Å². The lowest BCUT2D eigenvalue weighted by Crippen LogP contribution is -3.14. The van der Waals surface area contributed by atoms with Gasteiger partial charge in [0.05, 0.1) is 13.1 Å². The number of quaternary nitrogens is 1. The molecule has 22 heavy (non-hydrogen) atoms. The summed E-state index contributed by atoms with van der Waals surface area (Å²) in [6.07, 6.45) is 2.17. The summed E-state index contributed by atoms with van der Waals surface area (Å²) in [5.41, 5.74) is 2.62. The van der Waals surface area contributed by atoms with E-state index in [2.05, 4.69) is 39.8 Å². The molecule has 3 heteroatoms. The lowest BCUT2D eigenvalue weighted by Gasteiger charge is -2.28. The molecule has 0 bridgehead atoms. The Hall–Kier alpha value is -1.06.